The van der Waals surface area contributed by atoms with Gasteiger partial charge in [0.1, 0.15) is 29.7 Å². The molecule has 124 valence electrons. The molecule has 0 unspecified atom stereocenters. The van der Waals surface area contributed by atoms with Gasteiger partial charge < -0.3 is 10.5 Å². The molecular formula is C17H20N6O. The van der Waals surface area contributed by atoms with E-state index >= 15 is 0 Å². The van der Waals surface area contributed by atoms with Crippen molar-refractivity contribution in [2.45, 2.75) is 33.4 Å². The normalized spacial score (nSPS) is 10.8. The minimum absolute atomic E-state index is 0.382. The van der Waals surface area contributed by atoms with Gasteiger partial charge in [0.25, 0.3) is 0 Å². The number of hydrogen-bond acceptors (Lipinski definition) is 6. The van der Waals surface area contributed by atoms with Gasteiger partial charge in [-0.1, -0.05) is 30.3 Å². The molecule has 7 nitrogen and oxygen atoms in total. The summed E-state index contributed by atoms with van der Waals surface area (Å²) >= 11 is 0. The summed E-state index contributed by atoms with van der Waals surface area (Å²) in [6, 6.07) is 9.66. The quantitative estimate of drug-likeness (QED) is 0.747. The largest absolute Gasteiger partial charge is 0.487 e. The van der Waals surface area contributed by atoms with Gasteiger partial charge in [-0.15, -0.1) is 5.10 Å². The van der Waals surface area contributed by atoms with Crippen LogP contribution in [0.15, 0.2) is 36.5 Å². The van der Waals surface area contributed by atoms with Crippen LogP contribution in [-0.4, -0.2) is 25.0 Å². The van der Waals surface area contributed by atoms with Crippen molar-refractivity contribution < 1.29 is 4.74 Å². The van der Waals surface area contributed by atoms with Crippen molar-refractivity contribution in [1.29, 1.82) is 0 Å². The second-order valence-corrected chi connectivity index (χ2v) is 5.42. The van der Waals surface area contributed by atoms with Crippen LogP contribution in [-0.2, 0) is 19.6 Å². The molecule has 0 saturated carbocycles. The summed E-state index contributed by atoms with van der Waals surface area (Å²) in [6.07, 6.45) is 2.53. The van der Waals surface area contributed by atoms with Crippen LogP contribution in [0, 0.1) is 6.92 Å². The van der Waals surface area contributed by atoms with Crippen molar-refractivity contribution in [3.8, 4) is 5.75 Å². The average molecular weight is 324 g/mol. The minimum atomic E-state index is 0.382. The molecule has 0 saturated heterocycles. The number of nitrogens with two attached hydrogens (primary N) is 1. The van der Waals surface area contributed by atoms with Crippen LogP contribution < -0.4 is 10.5 Å². The second-order valence-electron chi connectivity index (χ2n) is 5.42. The molecular weight excluding hydrogens is 304 g/mol. The molecule has 3 rings (SSSR count). The zero-order valence-electron chi connectivity index (χ0n) is 13.8. The summed E-state index contributed by atoms with van der Waals surface area (Å²) in [5.41, 5.74) is 8.64. The average Bonchev–Trinajstić information content (AvgIpc) is 2.98. The Labute approximate surface area is 140 Å². The molecule has 7 heteroatoms. The second kappa shape index (κ2) is 7.08. The van der Waals surface area contributed by atoms with Crippen LogP contribution in [0.2, 0.25) is 0 Å². The fourth-order valence-electron chi connectivity index (χ4n) is 2.46. The number of nitrogens with zero attached hydrogens (tertiary/aromatic N) is 5. The molecule has 0 fully saturated rings. The maximum absolute atomic E-state index is 5.96. The number of ether oxygens (including phenoxy) is 1. The summed E-state index contributed by atoms with van der Waals surface area (Å²) < 4.78 is 7.60. The number of anilines is 1. The highest BCUT2D eigenvalue weighted by atomic mass is 16.5. The summed E-state index contributed by atoms with van der Waals surface area (Å²) in [7, 11) is 0. The molecule has 0 amide bonds. The van der Waals surface area contributed by atoms with Crippen molar-refractivity contribution in [2.75, 3.05) is 5.73 Å². The molecule has 0 aliphatic heterocycles. The van der Waals surface area contributed by atoms with Gasteiger partial charge in [0, 0.05) is 11.8 Å². The van der Waals surface area contributed by atoms with Gasteiger partial charge in [-0.25, -0.2) is 14.6 Å². The number of nitrogen functional groups attached to an aromatic ring is 1. The standard InChI is InChI=1S/C17H20N6O/c1-3-16-15(11-24-14-7-5-4-6-8-14)21-22-23(16)10-13-9-19-12(2)20-17(13)18/h4-9H,3,10-11H2,1-2H3,(H2,18,19,20). The Morgan fingerprint density at radius 3 is 2.71 bits per heavy atom. The number of rotatable bonds is 6. The molecule has 0 atom stereocenters. The van der Waals surface area contributed by atoms with E-state index in [4.69, 9.17) is 10.5 Å². The van der Waals surface area contributed by atoms with E-state index in [1.807, 2.05) is 41.9 Å². The Morgan fingerprint density at radius 1 is 1.21 bits per heavy atom. The molecule has 0 radical (unpaired) electrons. The van der Waals surface area contributed by atoms with E-state index in [1.54, 1.807) is 6.20 Å². The maximum Gasteiger partial charge on any atom is 0.134 e. The van der Waals surface area contributed by atoms with Gasteiger partial charge in [-0.05, 0) is 25.5 Å². The number of aryl methyl sites for hydroxylation is 1. The summed E-state index contributed by atoms with van der Waals surface area (Å²) in [5.74, 6) is 1.94. The first-order valence-electron chi connectivity index (χ1n) is 7.84. The zero-order chi connectivity index (χ0) is 16.9. The van der Waals surface area contributed by atoms with Crippen LogP contribution in [0.5, 0.6) is 5.75 Å². The highest BCUT2D eigenvalue weighted by Crippen LogP contribution is 2.16. The van der Waals surface area contributed by atoms with Crippen LogP contribution >= 0.6 is 0 Å². The zero-order valence-corrected chi connectivity index (χ0v) is 13.8. The monoisotopic (exact) mass is 324 g/mol. The van der Waals surface area contributed by atoms with Gasteiger partial charge >= 0.3 is 0 Å². The van der Waals surface area contributed by atoms with Gasteiger partial charge in [-0.3, -0.25) is 0 Å². The first-order chi connectivity index (χ1) is 11.7. The lowest BCUT2D eigenvalue weighted by molar-refractivity contribution is 0.300. The molecule has 2 aromatic heterocycles. The van der Waals surface area contributed by atoms with Crippen LogP contribution in [0.3, 0.4) is 0 Å². The topological polar surface area (TPSA) is 91.7 Å². The van der Waals surface area contributed by atoms with E-state index in [1.165, 1.54) is 0 Å². The van der Waals surface area contributed by atoms with E-state index in [-0.39, 0.29) is 0 Å². The lowest BCUT2D eigenvalue weighted by atomic mass is 10.2. The molecule has 2 heterocycles. The van der Waals surface area contributed by atoms with E-state index in [2.05, 4.69) is 27.2 Å². The Hall–Kier alpha value is -2.96. The molecule has 2 N–H and O–H groups in total. The maximum atomic E-state index is 5.96. The van der Waals surface area contributed by atoms with Crippen LogP contribution in [0.25, 0.3) is 0 Å². The van der Waals surface area contributed by atoms with Gasteiger partial charge in [0.2, 0.25) is 0 Å². The lowest BCUT2D eigenvalue weighted by Gasteiger charge is -2.09. The van der Waals surface area contributed by atoms with E-state index in [0.29, 0.717) is 24.8 Å². The molecule has 0 spiro atoms. The lowest BCUT2D eigenvalue weighted by Crippen LogP contribution is -2.11. The first-order valence-corrected chi connectivity index (χ1v) is 7.84. The van der Waals surface area contributed by atoms with Crippen LogP contribution in [0.1, 0.15) is 29.7 Å². The third kappa shape index (κ3) is 3.51. The SMILES string of the molecule is CCc1c(COc2ccccc2)nnn1Cc1cnc(C)nc1N. The molecule has 0 bridgehead atoms. The van der Waals surface area contributed by atoms with Gasteiger partial charge in [-0.2, -0.15) is 0 Å². The Kier molecular flexibility index (Phi) is 4.69. The van der Waals surface area contributed by atoms with Gasteiger partial charge in [0.05, 0.1) is 12.2 Å². The smallest absolute Gasteiger partial charge is 0.134 e. The van der Waals surface area contributed by atoms with Gasteiger partial charge in [0.15, 0.2) is 0 Å². The molecule has 3 aromatic rings. The predicted molar refractivity (Wildman–Crippen MR) is 90.5 cm³/mol. The fraction of sp³-hybridized carbons (Fsp3) is 0.294. The highest BCUT2D eigenvalue weighted by molar-refractivity contribution is 5.37. The van der Waals surface area contributed by atoms with Crippen molar-refractivity contribution >= 4 is 5.82 Å². The first kappa shape index (κ1) is 15.9. The van der Waals surface area contributed by atoms with E-state index in [0.717, 1.165) is 29.1 Å². The van der Waals surface area contributed by atoms with E-state index < -0.39 is 0 Å². The van der Waals surface area contributed by atoms with Crippen molar-refractivity contribution in [3.63, 3.8) is 0 Å². The van der Waals surface area contributed by atoms with Crippen LogP contribution in [0.4, 0.5) is 5.82 Å². The highest BCUT2D eigenvalue weighted by Gasteiger charge is 2.14. The number of benzene rings is 1. The number of aromatic nitrogens is 5. The predicted octanol–water partition coefficient (Wildman–Crippen LogP) is 2.15. The summed E-state index contributed by atoms with van der Waals surface area (Å²) in [5, 5.41) is 8.49. The summed E-state index contributed by atoms with van der Waals surface area (Å²) in [4.78, 5) is 8.39. The minimum Gasteiger partial charge on any atom is -0.487 e. The molecule has 1 aromatic carbocycles. The Bertz CT molecular complexity index is 815. The fourth-order valence-corrected chi connectivity index (χ4v) is 2.46. The van der Waals surface area contributed by atoms with Crippen molar-refractivity contribution in [1.82, 2.24) is 25.0 Å². The molecule has 0 aliphatic carbocycles. The number of para-hydroxylation sites is 1. The third-order valence-corrected chi connectivity index (χ3v) is 3.71. The number of hydrogen-bond donors (Lipinski definition) is 1. The molecule has 0 aliphatic rings. The Morgan fingerprint density at radius 2 is 2.00 bits per heavy atom. The van der Waals surface area contributed by atoms with Crippen molar-refractivity contribution in [2.24, 2.45) is 0 Å². The van der Waals surface area contributed by atoms with E-state index in [9.17, 15) is 0 Å². The Balaban J connectivity index is 1.76. The molecule has 24 heavy (non-hydrogen) atoms. The third-order valence-electron chi connectivity index (χ3n) is 3.71. The summed E-state index contributed by atoms with van der Waals surface area (Å²) in [6.45, 7) is 4.75. The van der Waals surface area contributed by atoms with Crippen molar-refractivity contribution in [3.05, 3.63) is 59.3 Å².